The van der Waals surface area contributed by atoms with Gasteiger partial charge in [0.15, 0.2) is 0 Å². The topological polar surface area (TPSA) is 30.5 Å². The van der Waals surface area contributed by atoms with Gasteiger partial charge in [-0.15, -0.1) is 0 Å². The van der Waals surface area contributed by atoms with Crippen LogP contribution in [0.15, 0.2) is 11.8 Å². The quantitative estimate of drug-likeness (QED) is 0.778. The molecule has 1 heterocycles. The van der Waals surface area contributed by atoms with Gasteiger partial charge in [0.05, 0.1) is 18.2 Å². The van der Waals surface area contributed by atoms with Gasteiger partial charge in [-0.25, -0.2) is 0 Å². The Morgan fingerprint density at radius 3 is 2.75 bits per heavy atom. The molecule has 1 saturated carbocycles. The molecule has 1 atom stereocenters. The fraction of sp³-hybridized carbons (Fsp3) is 0.846. The summed E-state index contributed by atoms with van der Waals surface area (Å²) in [5.41, 5.74) is -0.0281. The molecule has 0 amide bonds. The third-order valence-corrected chi connectivity index (χ3v) is 3.71. The number of nitrogens with one attached hydrogen (secondary N) is 1. The Hall–Kier alpha value is -0.540. The normalized spacial score (nSPS) is 25.2. The Labute approximate surface area is 98.2 Å². The molecular weight excluding hydrogens is 202 g/mol. The highest BCUT2D eigenvalue weighted by atomic mass is 16.5. The van der Waals surface area contributed by atoms with Crippen molar-refractivity contribution in [3.63, 3.8) is 0 Å². The molecule has 1 aliphatic heterocycles. The number of rotatable bonds is 5. The van der Waals surface area contributed by atoms with Gasteiger partial charge in [0.1, 0.15) is 5.76 Å². The monoisotopic (exact) mass is 225 g/mol. The molecule has 1 aliphatic carbocycles. The van der Waals surface area contributed by atoms with E-state index in [2.05, 4.69) is 18.3 Å². The van der Waals surface area contributed by atoms with Crippen LogP contribution in [0.25, 0.3) is 0 Å². The second-order valence-corrected chi connectivity index (χ2v) is 4.67. The van der Waals surface area contributed by atoms with Crippen molar-refractivity contribution in [3.05, 3.63) is 11.8 Å². The summed E-state index contributed by atoms with van der Waals surface area (Å²) in [4.78, 5) is 0. The zero-order valence-corrected chi connectivity index (χ0v) is 10.4. The Morgan fingerprint density at radius 2 is 2.25 bits per heavy atom. The third-order valence-electron chi connectivity index (χ3n) is 3.71. The lowest BCUT2D eigenvalue weighted by Gasteiger charge is -2.37. The number of ether oxygens (including phenoxy) is 2. The molecule has 1 unspecified atom stereocenters. The molecule has 0 aromatic heterocycles. The minimum atomic E-state index is -0.0281. The molecule has 0 saturated heterocycles. The summed E-state index contributed by atoms with van der Waals surface area (Å²) in [6.07, 6.45) is 8.08. The Bertz CT molecular complexity index is 257. The van der Waals surface area contributed by atoms with Crippen LogP contribution in [0.4, 0.5) is 0 Å². The summed E-state index contributed by atoms with van der Waals surface area (Å²) in [5, 5.41) is 3.39. The van der Waals surface area contributed by atoms with Gasteiger partial charge < -0.3 is 14.8 Å². The van der Waals surface area contributed by atoms with E-state index in [4.69, 9.17) is 9.47 Å². The van der Waals surface area contributed by atoms with E-state index in [9.17, 15) is 0 Å². The fourth-order valence-electron chi connectivity index (χ4n) is 3.08. The van der Waals surface area contributed by atoms with Crippen molar-refractivity contribution in [2.24, 2.45) is 0 Å². The van der Waals surface area contributed by atoms with Crippen LogP contribution < -0.4 is 5.32 Å². The van der Waals surface area contributed by atoms with Crippen LogP contribution >= 0.6 is 0 Å². The fourth-order valence-corrected chi connectivity index (χ4v) is 3.08. The van der Waals surface area contributed by atoms with Gasteiger partial charge >= 0.3 is 0 Å². The smallest absolute Gasteiger partial charge is 0.112 e. The van der Waals surface area contributed by atoms with Crippen molar-refractivity contribution in [1.82, 2.24) is 5.32 Å². The molecule has 0 aromatic carbocycles. The molecule has 1 N–H and O–H groups in total. The predicted octanol–water partition coefficient (Wildman–Crippen LogP) is 2.23. The van der Waals surface area contributed by atoms with Gasteiger partial charge in [-0.1, -0.05) is 12.8 Å². The van der Waals surface area contributed by atoms with E-state index in [1.165, 1.54) is 12.8 Å². The lowest BCUT2D eigenvalue weighted by atomic mass is 9.90. The van der Waals surface area contributed by atoms with Crippen molar-refractivity contribution in [2.45, 2.75) is 50.7 Å². The van der Waals surface area contributed by atoms with Crippen LogP contribution in [0.5, 0.6) is 0 Å². The lowest BCUT2D eigenvalue weighted by Crippen LogP contribution is -2.51. The molecule has 0 bridgehead atoms. The van der Waals surface area contributed by atoms with E-state index in [0.717, 1.165) is 38.2 Å². The summed E-state index contributed by atoms with van der Waals surface area (Å²) in [6.45, 7) is 3.69. The molecule has 92 valence electrons. The van der Waals surface area contributed by atoms with Crippen LogP contribution in [0.3, 0.4) is 0 Å². The first kappa shape index (κ1) is 11.9. The van der Waals surface area contributed by atoms with Crippen LogP contribution in [0.2, 0.25) is 0 Å². The van der Waals surface area contributed by atoms with Gasteiger partial charge in [0.25, 0.3) is 0 Å². The van der Waals surface area contributed by atoms with Crippen LogP contribution in [-0.4, -0.2) is 31.9 Å². The van der Waals surface area contributed by atoms with E-state index >= 15 is 0 Å². The first-order chi connectivity index (χ1) is 7.82. The van der Waals surface area contributed by atoms with E-state index in [1.807, 2.05) is 7.05 Å². The highest BCUT2D eigenvalue weighted by Crippen LogP contribution is 2.39. The van der Waals surface area contributed by atoms with E-state index < -0.39 is 0 Å². The highest BCUT2D eigenvalue weighted by molar-refractivity contribution is 5.15. The maximum atomic E-state index is 6.07. The van der Waals surface area contributed by atoms with E-state index in [1.54, 1.807) is 0 Å². The number of hydrogen-bond donors (Lipinski definition) is 1. The van der Waals surface area contributed by atoms with Gasteiger partial charge in [-0.3, -0.25) is 0 Å². The third kappa shape index (κ3) is 2.11. The Morgan fingerprint density at radius 1 is 1.50 bits per heavy atom. The van der Waals surface area contributed by atoms with Crippen molar-refractivity contribution in [1.29, 1.82) is 0 Å². The Balaban J connectivity index is 2.15. The van der Waals surface area contributed by atoms with Gasteiger partial charge in [0.2, 0.25) is 0 Å². The van der Waals surface area contributed by atoms with Crippen molar-refractivity contribution >= 4 is 0 Å². The van der Waals surface area contributed by atoms with Crippen LogP contribution in [0.1, 0.15) is 39.0 Å². The first-order valence-electron chi connectivity index (χ1n) is 6.46. The van der Waals surface area contributed by atoms with Crippen molar-refractivity contribution in [3.8, 4) is 0 Å². The van der Waals surface area contributed by atoms with Crippen molar-refractivity contribution < 1.29 is 9.47 Å². The molecule has 0 radical (unpaired) electrons. The second-order valence-electron chi connectivity index (χ2n) is 4.67. The molecule has 2 rings (SSSR count). The highest BCUT2D eigenvalue weighted by Gasteiger charge is 2.44. The van der Waals surface area contributed by atoms with Crippen LogP contribution in [-0.2, 0) is 9.47 Å². The molecule has 3 nitrogen and oxygen atoms in total. The predicted molar refractivity (Wildman–Crippen MR) is 64.3 cm³/mol. The minimum absolute atomic E-state index is 0.0281. The van der Waals surface area contributed by atoms with Gasteiger partial charge in [-0.2, -0.15) is 0 Å². The van der Waals surface area contributed by atoms with E-state index in [0.29, 0.717) is 0 Å². The Kier molecular flexibility index (Phi) is 3.87. The maximum Gasteiger partial charge on any atom is 0.112 e. The molecule has 16 heavy (non-hydrogen) atoms. The summed E-state index contributed by atoms with van der Waals surface area (Å²) in [5.74, 6) is 1.10. The van der Waals surface area contributed by atoms with E-state index in [-0.39, 0.29) is 11.6 Å². The molecule has 2 aliphatic rings. The number of hydrogen-bond acceptors (Lipinski definition) is 3. The molecule has 1 fully saturated rings. The summed E-state index contributed by atoms with van der Waals surface area (Å²) in [6, 6.07) is 0.234. The second kappa shape index (κ2) is 5.19. The summed E-state index contributed by atoms with van der Waals surface area (Å²) in [7, 11) is 2.01. The van der Waals surface area contributed by atoms with Gasteiger partial charge in [0, 0.05) is 13.0 Å². The zero-order valence-electron chi connectivity index (χ0n) is 10.4. The largest absolute Gasteiger partial charge is 0.496 e. The lowest BCUT2D eigenvalue weighted by molar-refractivity contribution is -0.0611. The zero-order chi connectivity index (χ0) is 11.4. The van der Waals surface area contributed by atoms with Gasteiger partial charge in [-0.05, 0) is 32.9 Å². The standard InChI is InChI=1S/C13H23NO2/c1-3-16-13(8-4-5-9-13)12(14-2)11-7-6-10-15-11/h7,12,14H,3-6,8-10H2,1-2H3. The summed E-state index contributed by atoms with van der Waals surface area (Å²) >= 11 is 0. The number of likely N-dealkylation sites (N-methyl/N-ethyl adjacent to an activating group) is 1. The molecule has 3 heteroatoms. The van der Waals surface area contributed by atoms with Crippen LogP contribution in [0, 0.1) is 0 Å². The molecule has 0 aromatic rings. The average Bonchev–Trinajstić information content (AvgIpc) is 2.92. The minimum Gasteiger partial charge on any atom is -0.496 e. The molecule has 0 spiro atoms. The average molecular weight is 225 g/mol. The van der Waals surface area contributed by atoms with Crippen molar-refractivity contribution in [2.75, 3.05) is 20.3 Å². The first-order valence-corrected chi connectivity index (χ1v) is 6.46. The maximum absolute atomic E-state index is 6.07. The SMILES string of the molecule is CCOC1(C(NC)C2=CCCO2)CCCC1. The molecular formula is C13H23NO2. The summed E-state index contributed by atoms with van der Waals surface area (Å²) < 4.78 is 11.8.